The quantitative estimate of drug-likeness (QED) is 0.763. The lowest BCUT2D eigenvalue weighted by Crippen LogP contribution is -2.31. The maximum absolute atomic E-state index is 13.0. The van der Waals surface area contributed by atoms with Crippen molar-refractivity contribution in [1.29, 1.82) is 0 Å². The summed E-state index contributed by atoms with van der Waals surface area (Å²) in [6.07, 6.45) is 3.49. The number of aryl methyl sites for hydroxylation is 2. The molecule has 1 atom stereocenters. The van der Waals surface area contributed by atoms with Crippen LogP contribution in [0.5, 0.6) is 0 Å². The third-order valence-electron chi connectivity index (χ3n) is 4.54. The van der Waals surface area contributed by atoms with E-state index in [1.165, 1.54) is 0 Å². The molecule has 5 heteroatoms. The van der Waals surface area contributed by atoms with Crippen LogP contribution < -0.4 is 5.32 Å². The summed E-state index contributed by atoms with van der Waals surface area (Å²) in [6.45, 7) is 6.19. The molecule has 1 amide bonds. The summed E-state index contributed by atoms with van der Waals surface area (Å²) in [5, 5.41) is 7.62. The first kappa shape index (κ1) is 17.9. The molecule has 0 bridgehead atoms. The van der Waals surface area contributed by atoms with E-state index in [0.29, 0.717) is 5.69 Å². The monoisotopic (exact) mass is 348 g/mol. The van der Waals surface area contributed by atoms with Gasteiger partial charge in [0.15, 0.2) is 0 Å². The molecule has 1 unspecified atom stereocenters. The molecule has 0 fully saturated rings. The van der Waals surface area contributed by atoms with Crippen LogP contribution in [0, 0.1) is 6.92 Å². The van der Waals surface area contributed by atoms with Gasteiger partial charge in [-0.15, -0.1) is 0 Å². The van der Waals surface area contributed by atoms with E-state index in [1.807, 2.05) is 36.4 Å². The second kappa shape index (κ2) is 7.52. The zero-order chi connectivity index (χ0) is 18.7. The molecule has 0 aliphatic carbocycles. The minimum absolute atomic E-state index is 0.142. The Balaban J connectivity index is 1.96. The van der Waals surface area contributed by atoms with Gasteiger partial charge in [0.05, 0.1) is 11.7 Å². The summed E-state index contributed by atoms with van der Waals surface area (Å²) in [6, 6.07) is 13.6. The Kier molecular flexibility index (Phi) is 5.16. The summed E-state index contributed by atoms with van der Waals surface area (Å²) in [4.78, 5) is 17.1. The zero-order valence-electron chi connectivity index (χ0n) is 15.6. The molecule has 0 aliphatic rings. The number of nitrogens with zero attached hydrogens (tertiary/aromatic N) is 3. The Bertz CT molecular complexity index is 899. The largest absolute Gasteiger partial charge is 0.340 e. The molecule has 3 aromatic rings. The summed E-state index contributed by atoms with van der Waals surface area (Å²) in [7, 11) is 1.80. The standard InChI is InChI=1S/C21H24N4O/c1-14(2)18-13-19(25(4)24-18)21(26)23-20(16-9-11-22-12-10-16)17-8-6-5-7-15(17)3/h5-14,20H,1-4H3,(H,23,26). The lowest BCUT2D eigenvalue weighted by atomic mass is 9.95. The number of aromatic nitrogens is 3. The van der Waals surface area contributed by atoms with Crippen LogP contribution in [0.2, 0.25) is 0 Å². The number of rotatable bonds is 5. The SMILES string of the molecule is Cc1ccccc1C(NC(=O)c1cc(C(C)C)nn1C)c1ccncc1. The van der Waals surface area contributed by atoms with Crippen molar-refractivity contribution in [1.82, 2.24) is 20.1 Å². The molecule has 0 saturated carbocycles. The van der Waals surface area contributed by atoms with Crippen molar-refractivity contribution in [2.75, 3.05) is 0 Å². The molecule has 2 aromatic heterocycles. The van der Waals surface area contributed by atoms with E-state index in [9.17, 15) is 4.79 Å². The van der Waals surface area contributed by atoms with Crippen LogP contribution in [-0.2, 0) is 7.05 Å². The van der Waals surface area contributed by atoms with Crippen molar-refractivity contribution in [3.05, 3.63) is 82.9 Å². The van der Waals surface area contributed by atoms with Crippen molar-refractivity contribution in [3.8, 4) is 0 Å². The minimum Gasteiger partial charge on any atom is -0.340 e. The number of carbonyl (C=O) groups is 1. The van der Waals surface area contributed by atoms with Crippen molar-refractivity contribution in [2.45, 2.75) is 32.7 Å². The van der Waals surface area contributed by atoms with Crippen LogP contribution in [0.25, 0.3) is 0 Å². The number of hydrogen-bond donors (Lipinski definition) is 1. The van der Waals surface area contributed by atoms with Crippen molar-refractivity contribution >= 4 is 5.91 Å². The van der Waals surface area contributed by atoms with E-state index in [1.54, 1.807) is 24.1 Å². The van der Waals surface area contributed by atoms with Crippen molar-refractivity contribution in [3.63, 3.8) is 0 Å². The first-order valence-electron chi connectivity index (χ1n) is 8.77. The van der Waals surface area contributed by atoms with Gasteiger partial charge in [-0.25, -0.2) is 0 Å². The van der Waals surface area contributed by atoms with Gasteiger partial charge in [-0.05, 0) is 47.7 Å². The molecule has 0 aliphatic heterocycles. The molecule has 1 aromatic carbocycles. The molecule has 134 valence electrons. The smallest absolute Gasteiger partial charge is 0.270 e. The van der Waals surface area contributed by atoms with Gasteiger partial charge >= 0.3 is 0 Å². The first-order chi connectivity index (χ1) is 12.5. The van der Waals surface area contributed by atoms with Crippen LogP contribution in [0.15, 0.2) is 54.9 Å². The maximum atomic E-state index is 13.0. The molecule has 1 N–H and O–H groups in total. The third-order valence-corrected chi connectivity index (χ3v) is 4.54. The van der Waals surface area contributed by atoms with Crippen LogP contribution in [0.3, 0.4) is 0 Å². The Morgan fingerprint density at radius 3 is 2.42 bits per heavy atom. The van der Waals surface area contributed by atoms with E-state index in [2.05, 4.69) is 42.2 Å². The predicted octanol–water partition coefficient (Wildman–Crippen LogP) is 3.77. The van der Waals surface area contributed by atoms with E-state index >= 15 is 0 Å². The Morgan fingerprint density at radius 2 is 1.81 bits per heavy atom. The molecule has 26 heavy (non-hydrogen) atoms. The average Bonchev–Trinajstić information content (AvgIpc) is 3.03. The van der Waals surface area contributed by atoms with E-state index < -0.39 is 0 Å². The zero-order valence-corrected chi connectivity index (χ0v) is 15.6. The molecule has 5 nitrogen and oxygen atoms in total. The van der Waals surface area contributed by atoms with Gasteiger partial charge in [0.2, 0.25) is 0 Å². The van der Waals surface area contributed by atoms with Gasteiger partial charge in [0, 0.05) is 19.4 Å². The highest BCUT2D eigenvalue weighted by Gasteiger charge is 2.22. The number of carbonyl (C=O) groups excluding carboxylic acids is 1. The highest BCUT2D eigenvalue weighted by molar-refractivity contribution is 5.93. The van der Waals surface area contributed by atoms with Crippen LogP contribution in [0.1, 0.15) is 58.7 Å². The van der Waals surface area contributed by atoms with Gasteiger partial charge in [-0.3, -0.25) is 14.5 Å². The third kappa shape index (κ3) is 3.67. The second-order valence-corrected chi connectivity index (χ2v) is 6.78. The Morgan fingerprint density at radius 1 is 1.12 bits per heavy atom. The molecule has 0 saturated heterocycles. The van der Waals surface area contributed by atoms with Gasteiger partial charge in [0.1, 0.15) is 5.69 Å². The number of nitrogens with one attached hydrogen (secondary N) is 1. The predicted molar refractivity (Wildman–Crippen MR) is 102 cm³/mol. The lowest BCUT2D eigenvalue weighted by molar-refractivity contribution is 0.0933. The fraction of sp³-hybridized carbons (Fsp3) is 0.286. The van der Waals surface area contributed by atoms with Crippen LogP contribution >= 0.6 is 0 Å². The number of amides is 1. The summed E-state index contributed by atoms with van der Waals surface area (Å²) in [5.74, 6) is 0.132. The van der Waals surface area contributed by atoms with E-state index in [0.717, 1.165) is 22.4 Å². The van der Waals surface area contributed by atoms with Crippen molar-refractivity contribution < 1.29 is 4.79 Å². The fourth-order valence-corrected chi connectivity index (χ4v) is 3.00. The van der Waals surface area contributed by atoms with Crippen LogP contribution in [0.4, 0.5) is 0 Å². The topological polar surface area (TPSA) is 59.8 Å². The fourth-order valence-electron chi connectivity index (χ4n) is 3.00. The minimum atomic E-state index is -0.246. The summed E-state index contributed by atoms with van der Waals surface area (Å²) >= 11 is 0. The van der Waals surface area contributed by atoms with Gasteiger partial charge < -0.3 is 5.32 Å². The highest BCUT2D eigenvalue weighted by atomic mass is 16.2. The van der Waals surface area contributed by atoms with Gasteiger partial charge in [-0.2, -0.15) is 5.10 Å². The normalized spacial score (nSPS) is 12.2. The van der Waals surface area contributed by atoms with Crippen LogP contribution in [-0.4, -0.2) is 20.7 Å². The Hall–Kier alpha value is -2.95. The second-order valence-electron chi connectivity index (χ2n) is 6.78. The molecule has 0 radical (unpaired) electrons. The van der Waals surface area contributed by atoms with Gasteiger partial charge in [0.25, 0.3) is 5.91 Å². The van der Waals surface area contributed by atoms with Gasteiger partial charge in [-0.1, -0.05) is 38.1 Å². The average molecular weight is 348 g/mol. The van der Waals surface area contributed by atoms with E-state index in [4.69, 9.17) is 0 Å². The number of pyridine rings is 1. The summed E-state index contributed by atoms with van der Waals surface area (Å²) in [5.41, 5.74) is 4.66. The summed E-state index contributed by atoms with van der Waals surface area (Å²) < 4.78 is 1.64. The maximum Gasteiger partial charge on any atom is 0.270 e. The number of benzene rings is 1. The number of hydrogen-bond acceptors (Lipinski definition) is 3. The molecule has 2 heterocycles. The Labute approximate surface area is 154 Å². The molecule has 0 spiro atoms. The highest BCUT2D eigenvalue weighted by Crippen LogP contribution is 2.25. The lowest BCUT2D eigenvalue weighted by Gasteiger charge is -2.21. The van der Waals surface area contributed by atoms with Crippen molar-refractivity contribution in [2.24, 2.45) is 7.05 Å². The molecular weight excluding hydrogens is 324 g/mol. The first-order valence-corrected chi connectivity index (χ1v) is 8.77. The molecule has 3 rings (SSSR count). The molecular formula is C21H24N4O. The van der Waals surface area contributed by atoms with E-state index in [-0.39, 0.29) is 17.9 Å².